The minimum absolute atomic E-state index is 0.219. The molecule has 0 radical (unpaired) electrons. The van der Waals surface area contributed by atoms with Gasteiger partial charge < -0.3 is 19.5 Å². The van der Waals surface area contributed by atoms with Crippen molar-refractivity contribution in [2.75, 3.05) is 39.8 Å². The molecule has 0 spiro atoms. The summed E-state index contributed by atoms with van der Waals surface area (Å²) >= 11 is 0. The highest BCUT2D eigenvalue weighted by atomic mass is 16.5. The second-order valence-corrected chi connectivity index (χ2v) is 6.91. The minimum Gasteiger partial charge on any atom is -0.373 e. The van der Waals surface area contributed by atoms with Crippen LogP contribution in [-0.4, -0.2) is 72.3 Å². The van der Waals surface area contributed by atoms with Gasteiger partial charge in [-0.25, -0.2) is 0 Å². The molecule has 1 N–H and O–H groups in total. The maximum absolute atomic E-state index is 6.03. The fourth-order valence-corrected chi connectivity index (χ4v) is 3.63. The lowest BCUT2D eigenvalue weighted by Crippen LogP contribution is -2.47. The Bertz CT molecular complexity index is 555. The Kier molecular flexibility index (Phi) is 5.79. The van der Waals surface area contributed by atoms with Crippen LogP contribution in [0.15, 0.2) is 23.3 Å². The van der Waals surface area contributed by atoms with Crippen LogP contribution >= 0.6 is 0 Å². The molecule has 1 aromatic rings. The van der Waals surface area contributed by atoms with E-state index in [1.807, 2.05) is 0 Å². The van der Waals surface area contributed by atoms with Gasteiger partial charge >= 0.3 is 0 Å². The molecule has 0 amide bonds. The molecule has 2 unspecified atom stereocenters. The summed E-state index contributed by atoms with van der Waals surface area (Å²) in [7, 11) is 4.17. The molecule has 1 aromatic heterocycles. The first-order chi connectivity index (χ1) is 11.7. The Morgan fingerprint density at radius 2 is 2.38 bits per heavy atom. The number of hydrogen-bond acceptors (Lipinski definition) is 3. The van der Waals surface area contributed by atoms with E-state index in [0.29, 0.717) is 6.04 Å². The molecule has 3 rings (SSSR count). The Morgan fingerprint density at radius 1 is 1.50 bits per heavy atom. The van der Waals surface area contributed by atoms with E-state index in [1.54, 1.807) is 0 Å². The van der Waals surface area contributed by atoms with E-state index in [-0.39, 0.29) is 6.10 Å². The van der Waals surface area contributed by atoms with Crippen molar-refractivity contribution in [2.24, 2.45) is 12.0 Å². The summed E-state index contributed by atoms with van der Waals surface area (Å²) < 4.78 is 8.18. The first kappa shape index (κ1) is 17.3. The highest BCUT2D eigenvalue weighted by Crippen LogP contribution is 2.22. The lowest BCUT2D eigenvalue weighted by molar-refractivity contribution is -0.0432. The van der Waals surface area contributed by atoms with Gasteiger partial charge in [0.15, 0.2) is 5.96 Å². The maximum Gasteiger partial charge on any atom is 0.194 e. The number of nitrogens with zero attached hydrogens (tertiary/aromatic N) is 4. The first-order valence-corrected chi connectivity index (χ1v) is 9.12. The SMILES string of the molecule is CCNC(=NCC1CN2CCCC2CO1)N(C)Cc1cccn1C. The number of fused-ring (bicyclic) bond motifs is 1. The lowest BCUT2D eigenvalue weighted by atomic mass is 10.2. The molecule has 0 saturated carbocycles. The largest absolute Gasteiger partial charge is 0.373 e. The zero-order valence-corrected chi connectivity index (χ0v) is 15.2. The summed E-state index contributed by atoms with van der Waals surface area (Å²) in [6.45, 7) is 7.67. The lowest BCUT2D eigenvalue weighted by Gasteiger charge is -2.34. The van der Waals surface area contributed by atoms with Crippen molar-refractivity contribution in [1.82, 2.24) is 19.7 Å². The molecular weight excluding hydrogens is 302 g/mol. The molecule has 24 heavy (non-hydrogen) atoms. The number of aryl methyl sites for hydroxylation is 1. The van der Waals surface area contributed by atoms with Crippen LogP contribution in [0.25, 0.3) is 0 Å². The maximum atomic E-state index is 6.03. The molecular formula is C18H31N5O. The van der Waals surface area contributed by atoms with E-state index in [9.17, 15) is 0 Å². The zero-order valence-electron chi connectivity index (χ0n) is 15.2. The van der Waals surface area contributed by atoms with Gasteiger partial charge in [0, 0.05) is 45.1 Å². The zero-order chi connectivity index (χ0) is 16.9. The van der Waals surface area contributed by atoms with E-state index in [4.69, 9.17) is 9.73 Å². The van der Waals surface area contributed by atoms with Crippen molar-refractivity contribution < 1.29 is 4.74 Å². The number of aromatic nitrogens is 1. The summed E-state index contributed by atoms with van der Waals surface area (Å²) in [6.07, 6.45) is 4.90. The Balaban J connectivity index is 1.57. The summed E-state index contributed by atoms with van der Waals surface area (Å²) in [5, 5.41) is 3.40. The van der Waals surface area contributed by atoms with Crippen LogP contribution in [0.5, 0.6) is 0 Å². The third-order valence-electron chi connectivity index (χ3n) is 5.05. The van der Waals surface area contributed by atoms with E-state index in [0.717, 1.165) is 38.7 Å². The van der Waals surface area contributed by atoms with Gasteiger partial charge in [-0.15, -0.1) is 0 Å². The van der Waals surface area contributed by atoms with Crippen LogP contribution < -0.4 is 5.32 Å². The normalized spacial score (nSPS) is 24.9. The monoisotopic (exact) mass is 333 g/mol. The molecule has 2 fully saturated rings. The number of guanidine groups is 1. The summed E-state index contributed by atoms with van der Waals surface area (Å²) in [4.78, 5) is 9.59. The van der Waals surface area contributed by atoms with E-state index < -0.39 is 0 Å². The van der Waals surface area contributed by atoms with Gasteiger partial charge in [-0.2, -0.15) is 0 Å². The Labute approximate surface area is 145 Å². The Morgan fingerprint density at radius 3 is 3.12 bits per heavy atom. The molecule has 2 saturated heterocycles. The van der Waals surface area contributed by atoms with Crippen molar-refractivity contribution in [3.05, 3.63) is 24.0 Å². The van der Waals surface area contributed by atoms with Crippen LogP contribution in [0, 0.1) is 0 Å². The average Bonchev–Trinajstić information content (AvgIpc) is 3.20. The quantitative estimate of drug-likeness (QED) is 0.651. The van der Waals surface area contributed by atoms with Gasteiger partial charge in [0.1, 0.15) is 0 Å². The average molecular weight is 333 g/mol. The van der Waals surface area contributed by atoms with Crippen molar-refractivity contribution in [3.8, 4) is 0 Å². The van der Waals surface area contributed by atoms with Crippen molar-refractivity contribution in [3.63, 3.8) is 0 Å². The molecule has 134 valence electrons. The van der Waals surface area contributed by atoms with Gasteiger partial charge in [-0.05, 0) is 38.4 Å². The fraction of sp³-hybridized carbons (Fsp3) is 0.722. The molecule has 2 aliphatic heterocycles. The van der Waals surface area contributed by atoms with Crippen LogP contribution in [0.4, 0.5) is 0 Å². The van der Waals surface area contributed by atoms with Gasteiger partial charge in [0.2, 0.25) is 0 Å². The molecule has 0 bridgehead atoms. The van der Waals surface area contributed by atoms with Gasteiger partial charge in [0.25, 0.3) is 0 Å². The molecule has 6 nitrogen and oxygen atoms in total. The molecule has 6 heteroatoms. The molecule has 2 atom stereocenters. The highest BCUT2D eigenvalue weighted by molar-refractivity contribution is 5.79. The molecule has 3 heterocycles. The second kappa shape index (κ2) is 8.03. The van der Waals surface area contributed by atoms with Gasteiger partial charge in [0.05, 0.1) is 25.8 Å². The summed E-state index contributed by atoms with van der Waals surface area (Å²) in [5.41, 5.74) is 1.27. The van der Waals surface area contributed by atoms with Crippen molar-refractivity contribution in [1.29, 1.82) is 0 Å². The minimum atomic E-state index is 0.219. The van der Waals surface area contributed by atoms with Crippen molar-refractivity contribution >= 4 is 5.96 Å². The number of morpholine rings is 1. The number of hydrogen-bond donors (Lipinski definition) is 1. The van der Waals surface area contributed by atoms with Gasteiger partial charge in [-0.1, -0.05) is 0 Å². The van der Waals surface area contributed by atoms with E-state index in [1.165, 1.54) is 25.1 Å². The Hall–Kier alpha value is -1.53. The number of aliphatic imine (C=N–C) groups is 1. The van der Waals surface area contributed by atoms with Gasteiger partial charge in [-0.3, -0.25) is 9.89 Å². The van der Waals surface area contributed by atoms with E-state index in [2.05, 4.69) is 59.0 Å². The predicted octanol–water partition coefficient (Wildman–Crippen LogP) is 1.29. The van der Waals surface area contributed by atoms with Crippen LogP contribution in [0.2, 0.25) is 0 Å². The van der Waals surface area contributed by atoms with Crippen LogP contribution in [0.3, 0.4) is 0 Å². The van der Waals surface area contributed by atoms with Crippen LogP contribution in [-0.2, 0) is 18.3 Å². The summed E-state index contributed by atoms with van der Waals surface area (Å²) in [6, 6.07) is 4.88. The summed E-state index contributed by atoms with van der Waals surface area (Å²) in [5.74, 6) is 0.950. The number of rotatable bonds is 5. The third-order valence-corrected chi connectivity index (χ3v) is 5.05. The van der Waals surface area contributed by atoms with Crippen LogP contribution in [0.1, 0.15) is 25.5 Å². The van der Waals surface area contributed by atoms with Crippen molar-refractivity contribution in [2.45, 2.75) is 38.5 Å². The number of nitrogens with one attached hydrogen (secondary N) is 1. The number of ether oxygens (including phenoxy) is 1. The standard InChI is InChI=1S/C18H31N5O/c1-4-19-18(22(3)12-15-7-5-9-21(15)2)20-11-17-13-23-10-6-8-16(23)14-24-17/h5,7,9,16-17H,4,6,8,10-14H2,1-3H3,(H,19,20). The predicted molar refractivity (Wildman–Crippen MR) is 97.2 cm³/mol. The van der Waals surface area contributed by atoms with E-state index >= 15 is 0 Å². The smallest absolute Gasteiger partial charge is 0.194 e. The first-order valence-electron chi connectivity index (χ1n) is 9.12. The fourth-order valence-electron chi connectivity index (χ4n) is 3.63. The molecule has 0 aromatic carbocycles. The molecule has 2 aliphatic rings. The highest BCUT2D eigenvalue weighted by Gasteiger charge is 2.32. The third kappa shape index (κ3) is 4.11. The second-order valence-electron chi connectivity index (χ2n) is 6.91. The molecule has 0 aliphatic carbocycles. The topological polar surface area (TPSA) is 45.0 Å².